The summed E-state index contributed by atoms with van der Waals surface area (Å²) in [6, 6.07) is 0. The van der Waals surface area contributed by atoms with E-state index in [-0.39, 0.29) is 0 Å². The van der Waals surface area contributed by atoms with Crippen LogP contribution in [-0.2, 0) is 11.5 Å². The molecule has 2 unspecified atom stereocenters. The Morgan fingerprint density at radius 3 is 2.85 bits per heavy atom. The van der Waals surface area contributed by atoms with Crippen LogP contribution in [0.25, 0.3) is 0 Å². The van der Waals surface area contributed by atoms with E-state index in [0.29, 0.717) is 10.5 Å². The van der Waals surface area contributed by atoms with Crippen molar-refractivity contribution in [1.82, 2.24) is 9.97 Å². The predicted molar refractivity (Wildman–Crippen MR) is 92.9 cm³/mol. The molecule has 20 heavy (non-hydrogen) atoms. The highest BCUT2D eigenvalue weighted by Crippen LogP contribution is 2.43. The monoisotopic (exact) mass is 327 g/mol. The summed E-state index contributed by atoms with van der Waals surface area (Å²) in [6.07, 6.45) is 1.13. The molecule has 1 fully saturated rings. The molecule has 2 aliphatic rings. The van der Waals surface area contributed by atoms with Crippen LogP contribution in [0.5, 0.6) is 0 Å². The topological polar surface area (TPSA) is 37.8 Å². The van der Waals surface area contributed by atoms with E-state index in [1.807, 2.05) is 23.5 Å². The first-order valence-electron chi connectivity index (χ1n) is 7.24. The highest BCUT2D eigenvalue weighted by Gasteiger charge is 2.29. The Kier molecular flexibility index (Phi) is 5.04. The van der Waals surface area contributed by atoms with Gasteiger partial charge in [-0.15, -0.1) is 11.8 Å². The van der Waals surface area contributed by atoms with E-state index in [9.17, 15) is 0 Å². The van der Waals surface area contributed by atoms with Crippen LogP contribution in [0.2, 0.25) is 0 Å². The summed E-state index contributed by atoms with van der Waals surface area (Å²) >= 11 is 6.03. The van der Waals surface area contributed by atoms with Gasteiger partial charge in [0.15, 0.2) is 0 Å². The number of anilines is 1. The number of fused-ring (bicyclic) bond motifs is 1. The third kappa shape index (κ3) is 3.07. The summed E-state index contributed by atoms with van der Waals surface area (Å²) in [4.78, 5) is 9.78. The predicted octanol–water partition coefficient (Wildman–Crippen LogP) is 3.95. The zero-order chi connectivity index (χ0) is 13.9. The Balaban J connectivity index is 1.91. The van der Waals surface area contributed by atoms with Crippen LogP contribution in [0.3, 0.4) is 0 Å². The summed E-state index contributed by atoms with van der Waals surface area (Å²) < 4.78 is 0. The number of hydrogen-bond donors (Lipinski definition) is 1. The molecule has 0 amide bonds. The number of thioether (sulfide) groups is 3. The maximum absolute atomic E-state index is 4.89. The van der Waals surface area contributed by atoms with Gasteiger partial charge in [-0.3, -0.25) is 0 Å². The molecule has 1 saturated heterocycles. The molecule has 6 heteroatoms. The second-order valence-electron chi connectivity index (χ2n) is 5.14. The van der Waals surface area contributed by atoms with Gasteiger partial charge in [-0.1, -0.05) is 13.8 Å². The number of nitrogens with one attached hydrogen (secondary N) is 1. The van der Waals surface area contributed by atoms with E-state index in [4.69, 9.17) is 9.97 Å². The van der Waals surface area contributed by atoms with Crippen LogP contribution in [-0.4, -0.2) is 33.3 Å². The van der Waals surface area contributed by atoms with E-state index in [1.54, 1.807) is 0 Å². The van der Waals surface area contributed by atoms with E-state index in [0.717, 1.165) is 36.1 Å². The van der Waals surface area contributed by atoms with Crippen molar-refractivity contribution in [1.29, 1.82) is 0 Å². The molecule has 2 atom stereocenters. The molecule has 0 saturated carbocycles. The molecule has 3 heterocycles. The van der Waals surface area contributed by atoms with Crippen LogP contribution in [0.15, 0.2) is 0 Å². The third-order valence-corrected chi connectivity index (χ3v) is 7.64. The number of nitrogens with zero attached hydrogens (tertiary/aromatic N) is 2. The Bertz CT molecular complexity index is 481. The summed E-state index contributed by atoms with van der Waals surface area (Å²) in [6.45, 7) is 5.50. The van der Waals surface area contributed by atoms with E-state index in [1.165, 1.54) is 22.8 Å². The molecular weight excluding hydrogens is 306 g/mol. The van der Waals surface area contributed by atoms with Gasteiger partial charge < -0.3 is 5.32 Å². The van der Waals surface area contributed by atoms with Gasteiger partial charge in [0.2, 0.25) is 0 Å². The molecule has 1 aromatic rings. The van der Waals surface area contributed by atoms with Crippen molar-refractivity contribution >= 4 is 41.1 Å². The number of rotatable bonds is 4. The summed E-state index contributed by atoms with van der Waals surface area (Å²) in [5, 5.41) is 4.57. The van der Waals surface area contributed by atoms with Crippen LogP contribution < -0.4 is 5.32 Å². The second kappa shape index (κ2) is 6.79. The second-order valence-corrected chi connectivity index (χ2v) is 8.86. The van der Waals surface area contributed by atoms with Crippen molar-refractivity contribution in [2.45, 2.75) is 42.3 Å². The van der Waals surface area contributed by atoms with Gasteiger partial charge in [0, 0.05) is 40.4 Å². The molecule has 0 aliphatic carbocycles. The van der Waals surface area contributed by atoms with Crippen molar-refractivity contribution in [3.05, 3.63) is 17.1 Å². The van der Waals surface area contributed by atoms with Crippen LogP contribution in [0, 0.1) is 0 Å². The van der Waals surface area contributed by atoms with Gasteiger partial charge in [-0.25, -0.2) is 9.97 Å². The molecule has 110 valence electrons. The van der Waals surface area contributed by atoms with Crippen molar-refractivity contribution in [3.63, 3.8) is 0 Å². The lowest BCUT2D eigenvalue weighted by molar-refractivity contribution is 0.807. The normalized spacial score (nSPS) is 25.5. The third-order valence-electron chi connectivity index (χ3n) is 3.58. The molecule has 1 N–H and O–H groups in total. The van der Waals surface area contributed by atoms with Crippen LogP contribution in [0.1, 0.15) is 42.6 Å². The average Bonchev–Trinajstić information content (AvgIpc) is 2.93. The first-order chi connectivity index (χ1) is 9.79. The van der Waals surface area contributed by atoms with Gasteiger partial charge in [-0.05, 0) is 6.42 Å². The highest BCUT2D eigenvalue weighted by atomic mass is 32.2. The standard InChI is InChI=1S/C14H21N3S3/c1-3-4-15-13-10-7-18-8-11(10)16-14(17-13)12-9(2)19-5-6-20-12/h9,12H,3-8H2,1-2H3,(H,15,16,17). The first-order valence-corrected chi connectivity index (χ1v) is 10.5. The molecule has 0 spiro atoms. The van der Waals surface area contributed by atoms with E-state index < -0.39 is 0 Å². The van der Waals surface area contributed by atoms with Gasteiger partial charge in [0.1, 0.15) is 11.6 Å². The van der Waals surface area contributed by atoms with E-state index >= 15 is 0 Å². The molecule has 0 aromatic carbocycles. The maximum Gasteiger partial charge on any atom is 0.145 e. The Hall–Kier alpha value is -0.0700. The fraction of sp³-hybridized carbons (Fsp3) is 0.714. The van der Waals surface area contributed by atoms with Crippen LogP contribution in [0.4, 0.5) is 5.82 Å². The molecule has 3 rings (SSSR count). The lowest BCUT2D eigenvalue weighted by Gasteiger charge is -2.27. The van der Waals surface area contributed by atoms with Gasteiger partial charge >= 0.3 is 0 Å². The maximum atomic E-state index is 4.89. The molecular formula is C14H21N3S3. The minimum Gasteiger partial charge on any atom is -0.370 e. The largest absolute Gasteiger partial charge is 0.370 e. The van der Waals surface area contributed by atoms with Crippen LogP contribution >= 0.6 is 35.3 Å². The Morgan fingerprint density at radius 2 is 2.05 bits per heavy atom. The number of hydrogen-bond acceptors (Lipinski definition) is 6. The zero-order valence-corrected chi connectivity index (χ0v) is 14.5. The summed E-state index contributed by atoms with van der Waals surface area (Å²) in [5.74, 6) is 6.72. The number of aromatic nitrogens is 2. The molecule has 1 aromatic heterocycles. The van der Waals surface area contributed by atoms with Crippen molar-refractivity contribution < 1.29 is 0 Å². The smallest absolute Gasteiger partial charge is 0.145 e. The lowest BCUT2D eigenvalue weighted by atomic mass is 10.2. The van der Waals surface area contributed by atoms with Crippen molar-refractivity contribution in [2.75, 3.05) is 23.4 Å². The SMILES string of the molecule is CCCNc1nc(C2SCCSC2C)nc2c1CSC2. The lowest BCUT2D eigenvalue weighted by Crippen LogP contribution is -2.20. The molecule has 3 nitrogen and oxygen atoms in total. The first kappa shape index (κ1) is 14.9. The quantitative estimate of drug-likeness (QED) is 0.902. The van der Waals surface area contributed by atoms with Crippen molar-refractivity contribution in [2.24, 2.45) is 0 Å². The fourth-order valence-corrected chi connectivity index (χ4v) is 6.23. The fourth-order valence-electron chi connectivity index (χ4n) is 2.50. The minimum atomic E-state index is 0.451. The zero-order valence-electron chi connectivity index (χ0n) is 12.0. The van der Waals surface area contributed by atoms with Gasteiger partial charge in [0.25, 0.3) is 0 Å². The molecule has 0 radical (unpaired) electrons. The molecule has 2 aliphatic heterocycles. The minimum absolute atomic E-state index is 0.451. The summed E-state index contributed by atoms with van der Waals surface area (Å²) in [5.41, 5.74) is 2.61. The van der Waals surface area contributed by atoms with Crippen molar-refractivity contribution in [3.8, 4) is 0 Å². The molecule has 0 bridgehead atoms. The highest BCUT2D eigenvalue weighted by molar-refractivity contribution is 8.06. The summed E-state index contributed by atoms with van der Waals surface area (Å²) in [7, 11) is 0. The average molecular weight is 328 g/mol. The van der Waals surface area contributed by atoms with Gasteiger partial charge in [0.05, 0.1) is 10.9 Å². The Labute approximate surface area is 133 Å². The van der Waals surface area contributed by atoms with E-state index in [2.05, 4.69) is 30.9 Å². The van der Waals surface area contributed by atoms with Gasteiger partial charge in [-0.2, -0.15) is 23.5 Å². The Morgan fingerprint density at radius 1 is 1.20 bits per heavy atom.